The van der Waals surface area contributed by atoms with Gasteiger partial charge in [0.2, 0.25) is 0 Å². The normalized spacial score (nSPS) is 12.1. The molecule has 10 aromatic rings. The van der Waals surface area contributed by atoms with Crippen molar-refractivity contribution in [3.63, 3.8) is 0 Å². The Kier molecular flexibility index (Phi) is 6.65. The second-order valence-corrected chi connectivity index (χ2v) is 14.1. The Morgan fingerprint density at radius 2 is 1.02 bits per heavy atom. The van der Waals surface area contributed by atoms with Crippen LogP contribution in [0, 0.1) is 0 Å². The molecule has 1 heterocycles. The van der Waals surface area contributed by atoms with Crippen LogP contribution in [-0.4, -0.2) is 4.57 Å². The minimum Gasteiger partial charge on any atom is -0.310 e. The minimum absolute atomic E-state index is 0.989. The molecule has 9 aromatic carbocycles. The summed E-state index contributed by atoms with van der Waals surface area (Å²) in [7, 11) is 0. The van der Waals surface area contributed by atoms with Gasteiger partial charge in [0, 0.05) is 33.2 Å². The number of fused-ring (bicyclic) bond motifs is 9. The van der Waals surface area contributed by atoms with Crippen LogP contribution in [0.3, 0.4) is 0 Å². The van der Waals surface area contributed by atoms with Gasteiger partial charge in [0.25, 0.3) is 0 Å². The van der Waals surface area contributed by atoms with Gasteiger partial charge in [-0.15, -0.1) is 0 Å². The number of benzene rings is 9. The number of nitrogens with zero attached hydrogens (tertiary/aromatic N) is 2. The minimum atomic E-state index is 0.989. The van der Waals surface area contributed by atoms with E-state index in [0.29, 0.717) is 0 Å². The van der Waals surface area contributed by atoms with Crippen molar-refractivity contribution in [3.05, 3.63) is 205 Å². The molecule has 1 aliphatic carbocycles. The highest BCUT2D eigenvalue weighted by molar-refractivity contribution is 6.15. The van der Waals surface area contributed by atoms with Gasteiger partial charge in [0.1, 0.15) is 0 Å². The largest absolute Gasteiger partial charge is 0.310 e. The quantitative estimate of drug-likeness (QED) is 0.165. The number of hydrogen-bond donors (Lipinski definition) is 0. The van der Waals surface area contributed by atoms with Crippen LogP contribution in [0.2, 0.25) is 0 Å². The van der Waals surface area contributed by atoms with Crippen LogP contribution in [0.5, 0.6) is 0 Å². The van der Waals surface area contributed by atoms with Gasteiger partial charge >= 0.3 is 0 Å². The molecule has 0 amide bonds. The van der Waals surface area contributed by atoms with Crippen molar-refractivity contribution >= 4 is 60.4 Å². The van der Waals surface area contributed by atoms with Crippen molar-refractivity contribution < 1.29 is 0 Å². The molecule has 0 N–H and O–H groups in total. The van der Waals surface area contributed by atoms with Crippen molar-refractivity contribution in [1.29, 1.82) is 0 Å². The second-order valence-electron chi connectivity index (χ2n) is 14.1. The molecule has 0 radical (unpaired) electrons. The molecule has 0 aliphatic heterocycles. The van der Waals surface area contributed by atoms with Crippen molar-refractivity contribution in [1.82, 2.24) is 4.57 Å². The zero-order chi connectivity index (χ0) is 34.9. The number of rotatable bonds is 5. The molecule has 0 fully saturated rings. The van der Waals surface area contributed by atoms with Crippen LogP contribution < -0.4 is 4.90 Å². The van der Waals surface area contributed by atoms with Crippen LogP contribution in [0.15, 0.2) is 194 Å². The Balaban J connectivity index is 1.10. The van der Waals surface area contributed by atoms with Crippen molar-refractivity contribution in [2.24, 2.45) is 0 Å². The van der Waals surface area contributed by atoms with E-state index in [0.717, 1.165) is 29.2 Å². The summed E-state index contributed by atoms with van der Waals surface area (Å²) >= 11 is 0. The van der Waals surface area contributed by atoms with Crippen LogP contribution >= 0.6 is 0 Å². The fourth-order valence-corrected chi connectivity index (χ4v) is 8.73. The molecule has 11 rings (SSSR count). The first-order valence-corrected chi connectivity index (χ1v) is 18.4. The zero-order valence-electron chi connectivity index (χ0n) is 29.1. The third-order valence-electron chi connectivity index (χ3n) is 11.2. The van der Waals surface area contributed by atoms with E-state index in [9.17, 15) is 0 Å². The molecule has 0 unspecified atom stereocenters. The maximum Gasteiger partial charge on any atom is 0.0546 e. The second kappa shape index (κ2) is 11.8. The van der Waals surface area contributed by atoms with Crippen LogP contribution in [0.25, 0.3) is 71.3 Å². The Labute approximate surface area is 308 Å². The Bertz CT molecular complexity index is 3020. The maximum atomic E-state index is 2.45. The molecule has 0 saturated carbocycles. The van der Waals surface area contributed by atoms with Crippen molar-refractivity contribution in [3.8, 4) is 27.9 Å². The summed E-state index contributed by atoms with van der Waals surface area (Å²) in [5.41, 5.74) is 15.0. The van der Waals surface area contributed by atoms with Crippen LogP contribution in [-0.2, 0) is 6.42 Å². The number of anilines is 3. The molecule has 53 heavy (non-hydrogen) atoms. The van der Waals surface area contributed by atoms with Crippen molar-refractivity contribution in [2.75, 3.05) is 4.90 Å². The lowest BCUT2D eigenvalue weighted by atomic mass is 9.97. The summed E-state index contributed by atoms with van der Waals surface area (Å²) in [5, 5.41) is 7.44. The van der Waals surface area contributed by atoms with Gasteiger partial charge < -0.3 is 9.47 Å². The maximum absolute atomic E-state index is 2.45. The van der Waals surface area contributed by atoms with Crippen molar-refractivity contribution in [2.45, 2.75) is 6.42 Å². The average molecular weight is 675 g/mol. The summed E-state index contributed by atoms with van der Waals surface area (Å²) in [4.78, 5) is 2.45. The van der Waals surface area contributed by atoms with E-state index >= 15 is 0 Å². The summed E-state index contributed by atoms with van der Waals surface area (Å²) in [6.07, 6.45) is 0.989. The van der Waals surface area contributed by atoms with E-state index < -0.39 is 0 Å². The third-order valence-corrected chi connectivity index (χ3v) is 11.2. The van der Waals surface area contributed by atoms with Crippen LogP contribution in [0.4, 0.5) is 17.1 Å². The predicted molar refractivity (Wildman–Crippen MR) is 224 cm³/mol. The van der Waals surface area contributed by atoms with Gasteiger partial charge in [-0.2, -0.15) is 0 Å². The molecule has 2 heteroatoms. The zero-order valence-corrected chi connectivity index (χ0v) is 29.1. The third kappa shape index (κ3) is 4.73. The highest BCUT2D eigenvalue weighted by Gasteiger charge is 2.21. The molecular weight excluding hydrogens is 641 g/mol. The summed E-state index contributed by atoms with van der Waals surface area (Å²) in [5.74, 6) is 0. The predicted octanol–water partition coefficient (Wildman–Crippen LogP) is 13.8. The van der Waals surface area contributed by atoms with E-state index in [4.69, 9.17) is 0 Å². The molecule has 2 nitrogen and oxygen atoms in total. The first-order chi connectivity index (χ1) is 26.3. The fourth-order valence-electron chi connectivity index (χ4n) is 8.73. The fraction of sp³-hybridized carbons (Fsp3) is 0.0196. The summed E-state index contributed by atoms with van der Waals surface area (Å²) in [6, 6.07) is 71.3. The topological polar surface area (TPSA) is 8.17 Å². The lowest BCUT2D eigenvalue weighted by Crippen LogP contribution is -2.10. The van der Waals surface area contributed by atoms with Gasteiger partial charge in [0.05, 0.1) is 16.7 Å². The van der Waals surface area contributed by atoms with E-state index in [2.05, 4.69) is 204 Å². The molecule has 0 saturated heterocycles. The summed E-state index contributed by atoms with van der Waals surface area (Å²) < 4.78 is 2.38. The molecule has 0 spiro atoms. The molecule has 1 aliphatic rings. The molecule has 248 valence electrons. The van der Waals surface area contributed by atoms with E-state index in [1.165, 1.54) is 76.7 Å². The Morgan fingerprint density at radius 3 is 1.89 bits per heavy atom. The Morgan fingerprint density at radius 1 is 0.377 bits per heavy atom. The highest BCUT2D eigenvalue weighted by Crippen LogP contribution is 2.45. The summed E-state index contributed by atoms with van der Waals surface area (Å²) in [6.45, 7) is 0. The van der Waals surface area contributed by atoms with E-state index in [1.807, 2.05) is 0 Å². The number of para-hydroxylation sites is 2. The lowest BCUT2D eigenvalue weighted by molar-refractivity contribution is 1.18. The number of aromatic nitrogens is 1. The van der Waals surface area contributed by atoms with E-state index in [1.54, 1.807) is 0 Å². The van der Waals surface area contributed by atoms with Gasteiger partial charge in [-0.3, -0.25) is 0 Å². The molecule has 0 atom stereocenters. The molecule has 0 bridgehead atoms. The number of hydrogen-bond acceptors (Lipinski definition) is 1. The van der Waals surface area contributed by atoms with Gasteiger partial charge in [-0.05, 0) is 111 Å². The monoisotopic (exact) mass is 674 g/mol. The molecule has 1 aromatic heterocycles. The first kappa shape index (κ1) is 29.8. The molecular formula is C51H34N2. The Hall–Kier alpha value is -6.90. The average Bonchev–Trinajstić information content (AvgIpc) is 3.77. The lowest BCUT2D eigenvalue weighted by Gasteiger charge is -2.28. The smallest absolute Gasteiger partial charge is 0.0546 e. The van der Waals surface area contributed by atoms with Gasteiger partial charge in [0.15, 0.2) is 0 Å². The van der Waals surface area contributed by atoms with Gasteiger partial charge in [-0.25, -0.2) is 0 Å². The van der Waals surface area contributed by atoms with Crippen LogP contribution in [0.1, 0.15) is 11.1 Å². The highest BCUT2D eigenvalue weighted by atomic mass is 15.1. The van der Waals surface area contributed by atoms with Gasteiger partial charge in [-0.1, -0.05) is 140 Å². The first-order valence-electron chi connectivity index (χ1n) is 18.4. The standard InChI is InChI=1S/C51H34N2/c1-2-14-39(15-3-1)53-49-21-11-10-20-47(49)48-33-41(27-29-50(48)53)52(51-32-37-13-5-7-17-43(37)45-18-8-9-19-46(45)51)40-25-22-34(23-26-40)35-24-28-44-38(30-35)31-36-12-4-6-16-42(36)44/h1-30,32-33H,31H2. The van der Waals surface area contributed by atoms with E-state index in [-0.39, 0.29) is 0 Å². The SMILES string of the molecule is c1ccc(-n2c3ccccc3c3cc(N(c4ccc(-c5ccc6c(c5)Cc5ccccc5-6)cc4)c4cc5ccccc5c5ccccc45)ccc32)cc1.